The summed E-state index contributed by atoms with van der Waals surface area (Å²) < 4.78 is 6.32. The van der Waals surface area contributed by atoms with Crippen LogP contribution >= 0.6 is 0 Å². The third-order valence-electron chi connectivity index (χ3n) is 5.39. The number of amides is 1. The molecule has 0 radical (unpaired) electrons. The summed E-state index contributed by atoms with van der Waals surface area (Å²) in [4.78, 5) is 24.9. The molecule has 0 saturated heterocycles. The first kappa shape index (κ1) is 22.0. The SMILES string of the molecule is N#Cc1cc(C(Oc2ccc3c(c2)CCN3C(=O)CNCCC(=O)O)c2ccccc2)[nH]n1. The van der Waals surface area contributed by atoms with Crippen molar-refractivity contribution in [1.29, 1.82) is 5.26 Å². The lowest BCUT2D eigenvalue weighted by Crippen LogP contribution is -2.37. The number of nitriles is 1. The molecular formula is C24H23N5O4. The van der Waals surface area contributed by atoms with Crippen molar-refractivity contribution in [1.82, 2.24) is 15.5 Å². The van der Waals surface area contributed by atoms with Crippen molar-refractivity contribution >= 4 is 17.6 Å². The zero-order valence-corrected chi connectivity index (χ0v) is 17.8. The minimum absolute atomic E-state index is 0.0284. The summed E-state index contributed by atoms with van der Waals surface area (Å²) in [5.41, 5.74) is 3.70. The van der Waals surface area contributed by atoms with E-state index in [-0.39, 0.29) is 31.1 Å². The maximum atomic E-state index is 12.6. The van der Waals surface area contributed by atoms with Gasteiger partial charge in [0, 0.05) is 24.8 Å². The normalized spacial score (nSPS) is 13.2. The molecule has 3 N–H and O–H groups in total. The van der Waals surface area contributed by atoms with E-state index >= 15 is 0 Å². The number of carbonyl (C=O) groups excluding carboxylic acids is 1. The largest absolute Gasteiger partial charge is 0.481 e. The predicted molar refractivity (Wildman–Crippen MR) is 120 cm³/mol. The summed E-state index contributed by atoms with van der Waals surface area (Å²) in [6.45, 7) is 0.894. The van der Waals surface area contributed by atoms with Gasteiger partial charge in [-0.1, -0.05) is 30.3 Å². The van der Waals surface area contributed by atoms with Crippen molar-refractivity contribution in [2.45, 2.75) is 18.9 Å². The van der Waals surface area contributed by atoms with E-state index in [0.29, 0.717) is 24.4 Å². The zero-order valence-electron chi connectivity index (χ0n) is 17.8. The van der Waals surface area contributed by atoms with E-state index in [1.807, 2.05) is 54.6 Å². The van der Waals surface area contributed by atoms with E-state index in [1.54, 1.807) is 11.0 Å². The lowest BCUT2D eigenvalue weighted by molar-refractivity contribution is -0.137. The Hall–Kier alpha value is -4.16. The Morgan fingerprint density at radius 3 is 2.79 bits per heavy atom. The quantitative estimate of drug-likeness (QED) is 0.431. The number of H-pyrrole nitrogens is 1. The molecule has 2 aromatic carbocycles. The molecule has 33 heavy (non-hydrogen) atoms. The zero-order chi connectivity index (χ0) is 23.2. The van der Waals surface area contributed by atoms with Gasteiger partial charge in [-0.3, -0.25) is 14.7 Å². The summed E-state index contributed by atoms with van der Waals surface area (Å²) in [7, 11) is 0. The number of nitrogens with one attached hydrogen (secondary N) is 2. The van der Waals surface area contributed by atoms with Crippen LogP contribution in [0.4, 0.5) is 5.69 Å². The van der Waals surface area contributed by atoms with Gasteiger partial charge in [0.2, 0.25) is 5.91 Å². The summed E-state index contributed by atoms with van der Waals surface area (Å²) in [5.74, 6) is -0.358. The molecule has 0 aliphatic carbocycles. The van der Waals surface area contributed by atoms with Gasteiger partial charge < -0.3 is 20.1 Å². The third-order valence-corrected chi connectivity index (χ3v) is 5.39. The highest BCUT2D eigenvalue weighted by Gasteiger charge is 2.26. The molecule has 4 rings (SSSR count). The van der Waals surface area contributed by atoms with Crippen LogP contribution in [0.25, 0.3) is 0 Å². The maximum absolute atomic E-state index is 12.6. The molecule has 0 bridgehead atoms. The van der Waals surface area contributed by atoms with Crippen molar-refractivity contribution in [3.05, 3.63) is 77.1 Å². The molecular weight excluding hydrogens is 422 g/mol. The molecule has 1 atom stereocenters. The molecule has 0 fully saturated rings. The molecule has 2 heterocycles. The van der Waals surface area contributed by atoms with Gasteiger partial charge in [-0.2, -0.15) is 10.4 Å². The van der Waals surface area contributed by atoms with Gasteiger partial charge >= 0.3 is 5.97 Å². The molecule has 9 heteroatoms. The van der Waals surface area contributed by atoms with Gasteiger partial charge in [0.05, 0.1) is 18.7 Å². The van der Waals surface area contributed by atoms with E-state index in [9.17, 15) is 9.59 Å². The highest BCUT2D eigenvalue weighted by molar-refractivity contribution is 5.96. The number of benzene rings is 2. The van der Waals surface area contributed by atoms with E-state index in [0.717, 1.165) is 16.8 Å². The number of nitrogens with zero attached hydrogens (tertiary/aromatic N) is 3. The van der Waals surface area contributed by atoms with Crippen molar-refractivity contribution in [3.8, 4) is 11.8 Å². The van der Waals surface area contributed by atoms with Crippen LogP contribution in [0.5, 0.6) is 5.75 Å². The Morgan fingerprint density at radius 2 is 2.06 bits per heavy atom. The van der Waals surface area contributed by atoms with E-state index in [2.05, 4.69) is 15.5 Å². The van der Waals surface area contributed by atoms with Gasteiger partial charge in [0.15, 0.2) is 11.8 Å². The molecule has 0 spiro atoms. The number of aromatic amines is 1. The van der Waals surface area contributed by atoms with Crippen molar-refractivity contribution in [2.75, 3.05) is 24.5 Å². The number of hydrogen-bond acceptors (Lipinski definition) is 6. The van der Waals surface area contributed by atoms with Crippen LogP contribution in [0.15, 0.2) is 54.6 Å². The number of carboxylic acid groups (broad SMARTS) is 1. The average molecular weight is 445 g/mol. The van der Waals surface area contributed by atoms with Crippen LogP contribution in [0, 0.1) is 11.3 Å². The Bertz CT molecular complexity index is 1190. The Morgan fingerprint density at radius 1 is 1.24 bits per heavy atom. The Balaban J connectivity index is 1.49. The molecule has 1 amide bonds. The van der Waals surface area contributed by atoms with Crippen LogP contribution in [0.1, 0.15) is 35.0 Å². The molecule has 3 aromatic rings. The minimum atomic E-state index is -0.901. The molecule has 1 aliphatic rings. The topological polar surface area (TPSA) is 131 Å². The predicted octanol–water partition coefficient (Wildman–Crippen LogP) is 2.40. The number of hydrogen-bond donors (Lipinski definition) is 3. The molecule has 168 valence electrons. The lowest BCUT2D eigenvalue weighted by atomic mass is 10.1. The second-order valence-corrected chi connectivity index (χ2v) is 7.64. The second-order valence-electron chi connectivity index (χ2n) is 7.64. The fraction of sp³-hybridized carbons (Fsp3) is 0.250. The number of carbonyl (C=O) groups is 2. The first-order valence-corrected chi connectivity index (χ1v) is 10.6. The Kier molecular flexibility index (Phi) is 6.66. The molecule has 0 saturated carbocycles. The molecule has 1 unspecified atom stereocenters. The lowest BCUT2D eigenvalue weighted by Gasteiger charge is -2.20. The van der Waals surface area contributed by atoms with E-state index < -0.39 is 12.1 Å². The maximum Gasteiger partial charge on any atom is 0.304 e. The third kappa shape index (κ3) is 5.19. The summed E-state index contributed by atoms with van der Waals surface area (Å²) in [6, 6.07) is 19.0. The number of anilines is 1. The van der Waals surface area contributed by atoms with Gasteiger partial charge in [-0.05, 0) is 35.7 Å². The van der Waals surface area contributed by atoms with Crippen LogP contribution < -0.4 is 15.0 Å². The molecule has 9 nitrogen and oxygen atoms in total. The van der Waals surface area contributed by atoms with E-state index in [4.69, 9.17) is 15.1 Å². The number of carboxylic acids is 1. The van der Waals surface area contributed by atoms with E-state index in [1.165, 1.54) is 0 Å². The second kappa shape index (κ2) is 9.97. The smallest absolute Gasteiger partial charge is 0.304 e. The Labute approximate surface area is 190 Å². The van der Waals surface area contributed by atoms with Crippen LogP contribution in [0.2, 0.25) is 0 Å². The number of rotatable bonds is 9. The van der Waals surface area contributed by atoms with Gasteiger partial charge in [0.25, 0.3) is 0 Å². The number of fused-ring (bicyclic) bond motifs is 1. The van der Waals surface area contributed by atoms with Crippen LogP contribution in [-0.2, 0) is 16.0 Å². The molecule has 1 aromatic heterocycles. The highest BCUT2D eigenvalue weighted by Crippen LogP contribution is 2.34. The fourth-order valence-electron chi connectivity index (χ4n) is 3.80. The fourth-order valence-corrected chi connectivity index (χ4v) is 3.80. The number of ether oxygens (including phenoxy) is 1. The highest BCUT2D eigenvalue weighted by atomic mass is 16.5. The molecule has 1 aliphatic heterocycles. The summed E-state index contributed by atoms with van der Waals surface area (Å²) >= 11 is 0. The van der Waals surface area contributed by atoms with Gasteiger partial charge in [0.1, 0.15) is 11.8 Å². The first-order valence-electron chi connectivity index (χ1n) is 10.6. The van der Waals surface area contributed by atoms with Crippen molar-refractivity contribution in [2.24, 2.45) is 0 Å². The average Bonchev–Trinajstić information content (AvgIpc) is 3.47. The standard InChI is InChI=1S/C24H23N5O4/c25-14-18-13-20(28-27-18)24(16-4-2-1-3-5-16)33-19-6-7-21-17(12-19)9-11-29(21)22(30)15-26-10-8-23(31)32/h1-7,12-13,24,26H,8-11,15H2,(H,27,28)(H,31,32). The summed E-state index contributed by atoms with van der Waals surface area (Å²) in [6.07, 6.45) is 0.196. The van der Waals surface area contributed by atoms with Gasteiger partial charge in [-0.15, -0.1) is 0 Å². The van der Waals surface area contributed by atoms with Crippen LogP contribution in [-0.4, -0.2) is 46.8 Å². The number of aromatic nitrogens is 2. The minimum Gasteiger partial charge on any atom is -0.481 e. The van der Waals surface area contributed by atoms with Gasteiger partial charge in [-0.25, -0.2) is 0 Å². The van der Waals surface area contributed by atoms with Crippen molar-refractivity contribution < 1.29 is 19.4 Å². The summed E-state index contributed by atoms with van der Waals surface area (Å²) in [5, 5.41) is 27.6. The first-order chi connectivity index (χ1) is 16.0. The van der Waals surface area contributed by atoms with Crippen LogP contribution in [0.3, 0.4) is 0 Å². The monoisotopic (exact) mass is 445 g/mol. The van der Waals surface area contributed by atoms with Crippen molar-refractivity contribution in [3.63, 3.8) is 0 Å². The number of aliphatic carboxylic acids is 1.